The van der Waals surface area contributed by atoms with E-state index < -0.39 is 11.7 Å². The van der Waals surface area contributed by atoms with Gasteiger partial charge >= 0.3 is 6.18 Å². The maximum Gasteiger partial charge on any atom is 0.416 e. The zero-order chi connectivity index (χ0) is 32.5. The van der Waals surface area contributed by atoms with E-state index in [1.807, 2.05) is 24.3 Å². The van der Waals surface area contributed by atoms with Crippen molar-refractivity contribution in [2.75, 3.05) is 18.0 Å². The normalized spacial score (nSPS) is 23.4. The average molecular weight is 642 g/mol. The van der Waals surface area contributed by atoms with E-state index in [1.54, 1.807) is 6.07 Å². The van der Waals surface area contributed by atoms with Crippen LogP contribution in [0.25, 0.3) is 11.1 Å². The van der Waals surface area contributed by atoms with Crippen LogP contribution in [0.15, 0.2) is 71.1 Å². The highest BCUT2D eigenvalue weighted by molar-refractivity contribution is 5.96. The molecule has 0 spiro atoms. The molecule has 2 bridgehead atoms. The van der Waals surface area contributed by atoms with Crippen LogP contribution in [-0.2, 0) is 12.6 Å². The van der Waals surface area contributed by atoms with Gasteiger partial charge in [-0.25, -0.2) is 4.98 Å². The van der Waals surface area contributed by atoms with Crippen molar-refractivity contribution >= 4 is 22.6 Å². The first-order valence-electron chi connectivity index (χ1n) is 16.8. The zero-order valence-corrected chi connectivity index (χ0v) is 26.2. The van der Waals surface area contributed by atoms with Gasteiger partial charge in [-0.05, 0) is 117 Å². The third kappa shape index (κ3) is 6.88. The number of piperidine rings is 1. The summed E-state index contributed by atoms with van der Waals surface area (Å²) in [4.78, 5) is 20.3. The summed E-state index contributed by atoms with van der Waals surface area (Å²) in [7, 11) is 0. The molecule has 47 heavy (non-hydrogen) atoms. The number of nitrogens with zero attached hydrogens (tertiary/aromatic N) is 3. The van der Waals surface area contributed by atoms with Gasteiger partial charge in [0.15, 0.2) is 5.58 Å². The molecule has 3 aliphatic rings. The molecule has 2 saturated carbocycles. The van der Waals surface area contributed by atoms with Gasteiger partial charge in [0.2, 0.25) is 5.78 Å². The fraction of sp³-hybridized carbons (Fsp3) is 0.447. The molecule has 1 aromatic heterocycles. The summed E-state index contributed by atoms with van der Waals surface area (Å²) >= 11 is 0. The number of fused-ring (bicyclic) bond motifs is 3. The summed E-state index contributed by atoms with van der Waals surface area (Å²) in [6, 6.07) is 20.9. The second-order valence-corrected chi connectivity index (χ2v) is 13.5. The molecule has 6 nitrogen and oxygen atoms in total. The van der Waals surface area contributed by atoms with E-state index in [0.29, 0.717) is 53.3 Å². The minimum absolute atomic E-state index is 0.0128. The Morgan fingerprint density at radius 2 is 1.68 bits per heavy atom. The number of ketones is 1. The molecule has 4 atom stereocenters. The molecule has 0 amide bonds. The zero-order valence-electron chi connectivity index (χ0n) is 26.2. The Morgan fingerprint density at radius 3 is 2.40 bits per heavy atom. The van der Waals surface area contributed by atoms with Gasteiger partial charge in [-0.2, -0.15) is 18.4 Å². The highest BCUT2D eigenvalue weighted by atomic mass is 19.4. The summed E-state index contributed by atoms with van der Waals surface area (Å²) in [6.45, 7) is 1.36. The van der Waals surface area contributed by atoms with Gasteiger partial charge in [0.05, 0.1) is 17.2 Å². The molecule has 2 aliphatic carbocycles. The smallest absolute Gasteiger partial charge is 0.416 e. The van der Waals surface area contributed by atoms with Crippen molar-refractivity contribution in [2.24, 2.45) is 23.7 Å². The number of ether oxygens (including phenoxy) is 1. The van der Waals surface area contributed by atoms with Crippen LogP contribution in [0.1, 0.15) is 78.7 Å². The van der Waals surface area contributed by atoms with Crippen molar-refractivity contribution in [2.45, 2.75) is 70.1 Å². The number of benzene rings is 3. The number of carbonyl (C=O) groups excluding carboxylic acids is 1. The lowest BCUT2D eigenvalue weighted by molar-refractivity contribution is -0.137. The third-order valence-corrected chi connectivity index (χ3v) is 10.7. The van der Waals surface area contributed by atoms with Crippen LogP contribution in [0, 0.1) is 35.0 Å². The van der Waals surface area contributed by atoms with Crippen molar-refractivity contribution in [3.8, 4) is 11.8 Å². The lowest BCUT2D eigenvalue weighted by Crippen LogP contribution is -2.38. The number of hydrogen-bond acceptors (Lipinski definition) is 6. The van der Waals surface area contributed by atoms with Crippen molar-refractivity contribution in [3.63, 3.8) is 0 Å². The van der Waals surface area contributed by atoms with Gasteiger partial charge in [-0.3, -0.25) is 4.79 Å². The first kappa shape index (κ1) is 31.3. The molecular formula is C38H38F3N3O3. The lowest BCUT2D eigenvalue weighted by atomic mass is 9.61. The number of carbonyl (C=O) groups is 1. The molecule has 1 aliphatic heterocycles. The molecule has 2 heterocycles. The fourth-order valence-corrected chi connectivity index (χ4v) is 8.06. The molecule has 9 heteroatoms. The van der Waals surface area contributed by atoms with Crippen LogP contribution < -0.4 is 9.64 Å². The summed E-state index contributed by atoms with van der Waals surface area (Å²) < 4.78 is 51.0. The second kappa shape index (κ2) is 13.1. The summed E-state index contributed by atoms with van der Waals surface area (Å²) in [5, 5.41) is 9.04. The molecule has 1 saturated heterocycles. The van der Waals surface area contributed by atoms with Crippen LogP contribution in [-0.4, -0.2) is 30.0 Å². The van der Waals surface area contributed by atoms with Crippen LogP contribution >= 0.6 is 0 Å². The van der Waals surface area contributed by atoms with Crippen molar-refractivity contribution in [1.29, 1.82) is 5.26 Å². The van der Waals surface area contributed by atoms with Crippen LogP contribution in [0.2, 0.25) is 0 Å². The Kier molecular flexibility index (Phi) is 8.69. The number of halogens is 3. The fourth-order valence-electron chi connectivity index (χ4n) is 8.06. The molecule has 0 N–H and O–H groups in total. The van der Waals surface area contributed by atoms with Gasteiger partial charge in [0, 0.05) is 43.6 Å². The number of aryl methyl sites for hydroxylation is 1. The second-order valence-electron chi connectivity index (χ2n) is 13.5. The number of rotatable bonds is 8. The summed E-state index contributed by atoms with van der Waals surface area (Å²) in [5.74, 6) is 2.51. The highest BCUT2D eigenvalue weighted by Gasteiger charge is 2.42. The minimum Gasteiger partial charge on any atom is -0.490 e. The molecule has 3 aromatic carbocycles. The lowest BCUT2D eigenvalue weighted by Gasteiger charge is -2.43. The Hall–Kier alpha value is -4.32. The molecule has 3 fully saturated rings. The van der Waals surface area contributed by atoms with E-state index in [-0.39, 0.29) is 23.7 Å². The van der Waals surface area contributed by atoms with E-state index in [2.05, 4.69) is 28.1 Å². The number of nitriles is 1. The number of Topliss-reactive ketones (excluding diaryl/α,β-unsaturated/α-hetero) is 1. The van der Waals surface area contributed by atoms with Gasteiger partial charge in [0.25, 0.3) is 5.89 Å². The van der Waals surface area contributed by atoms with Crippen LogP contribution in [0.4, 0.5) is 18.9 Å². The maximum absolute atomic E-state index is 13.7. The summed E-state index contributed by atoms with van der Waals surface area (Å²) in [6.07, 6.45) is 4.49. The predicted molar refractivity (Wildman–Crippen MR) is 172 cm³/mol. The van der Waals surface area contributed by atoms with E-state index in [0.717, 1.165) is 75.6 Å². The van der Waals surface area contributed by atoms with Gasteiger partial charge in [-0.15, -0.1) is 0 Å². The topological polar surface area (TPSA) is 79.4 Å². The monoisotopic (exact) mass is 641 g/mol. The van der Waals surface area contributed by atoms with E-state index in [1.165, 1.54) is 17.7 Å². The van der Waals surface area contributed by atoms with E-state index in [9.17, 15) is 18.0 Å². The maximum atomic E-state index is 13.7. The molecular weight excluding hydrogens is 603 g/mol. The Morgan fingerprint density at radius 1 is 0.936 bits per heavy atom. The molecule has 0 radical (unpaired) electrons. The Labute approximate surface area is 272 Å². The first-order valence-corrected chi connectivity index (χ1v) is 16.8. The van der Waals surface area contributed by atoms with Gasteiger partial charge < -0.3 is 14.1 Å². The van der Waals surface area contributed by atoms with Crippen LogP contribution in [0.5, 0.6) is 5.75 Å². The first-order chi connectivity index (χ1) is 22.7. The van der Waals surface area contributed by atoms with Crippen molar-refractivity contribution in [3.05, 3.63) is 89.3 Å². The van der Waals surface area contributed by atoms with Gasteiger partial charge in [-0.1, -0.05) is 12.1 Å². The van der Waals surface area contributed by atoms with Crippen molar-refractivity contribution in [1.82, 2.24) is 4.98 Å². The van der Waals surface area contributed by atoms with E-state index in [4.69, 9.17) is 14.4 Å². The molecule has 4 aromatic rings. The molecule has 244 valence electrons. The van der Waals surface area contributed by atoms with Gasteiger partial charge in [0.1, 0.15) is 17.4 Å². The average Bonchev–Trinajstić information content (AvgIpc) is 3.52. The highest BCUT2D eigenvalue weighted by Crippen LogP contribution is 2.48. The number of oxazole rings is 1. The van der Waals surface area contributed by atoms with Crippen molar-refractivity contribution < 1.29 is 27.1 Å². The molecule has 3 unspecified atom stereocenters. The minimum atomic E-state index is -4.34. The Bertz CT molecular complexity index is 1750. The quantitative estimate of drug-likeness (QED) is 0.179. The standard InChI is InChI=1S/C38H38F3N3O3/c39-38(40,41)29-10-12-30(13-11-29)44-19-17-31(18-20-44)46-32-14-16-34-35(22-32)47-37(43-34)36(45)33-15-9-27-21-28(33)8-7-26(27)6-5-24-1-3-25(23-42)4-2-24/h1-4,10-14,16,22,26-28,31,33H,5-9,15,17-21H2/t26?,27?,28?,33-/m0/s1. The third-order valence-electron chi connectivity index (χ3n) is 10.7. The summed E-state index contributed by atoms with van der Waals surface area (Å²) in [5.41, 5.74) is 3.28. The largest absolute Gasteiger partial charge is 0.490 e. The number of anilines is 1. The van der Waals surface area contributed by atoms with Crippen LogP contribution in [0.3, 0.4) is 0 Å². The number of hydrogen-bond donors (Lipinski definition) is 0. The predicted octanol–water partition coefficient (Wildman–Crippen LogP) is 9.02. The Balaban J connectivity index is 0.917. The number of alkyl halides is 3. The number of aromatic nitrogens is 1. The SMILES string of the molecule is N#Cc1ccc(CCC2CCC3CC2CC[C@@H]3C(=O)c2nc3ccc(OC4CCN(c5ccc(C(F)(F)F)cc5)CC4)cc3o2)cc1. The van der Waals surface area contributed by atoms with E-state index >= 15 is 0 Å². The molecule has 7 rings (SSSR count).